The van der Waals surface area contributed by atoms with Crippen molar-refractivity contribution in [2.75, 3.05) is 12.8 Å². The lowest BCUT2D eigenvalue weighted by molar-refractivity contribution is -0.120. The number of methoxy groups -OCH3 is 1. The number of benzene rings is 2. The van der Waals surface area contributed by atoms with Crippen molar-refractivity contribution in [1.29, 1.82) is 0 Å². The number of anilines is 1. The number of para-hydroxylation sites is 1. The zero-order valence-corrected chi connectivity index (χ0v) is 17.0. The van der Waals surface area contributed by atoms with Crippen molar-refractivity contribution in [1.82, 2.24) is 10.4 Å². The highest BCUT2D eigenvalue weighted by molar-refractivity contribution is 7.13. The minimum atomic E-state index is -0.281. The third-order valence-corrected chi connectivity index (χ3v) is 4.72. The first kappa shape index (κ1) is 20.3. The Hall–Kier alpha value is -3.39. The largest absolute Gasteiger partial charge is 0.493 e. The van der Waals surface area contributed by atoms with Crippen LogP contribution in [0.5, 0.6) is 11.5 Å². The number of carbonyl (C=O) groups excluding carboxylic acids is 1. The molecule has 0 aliphatic rings. The molecule has 150 valence electrons. The SMILES string of the molecule is COc1cccc(/C=N/NC(=O)Cc2csc(N)n2)c1OCc1cccc(C)c1. The average molecular weight is 410 g/mol. The molecule has 0 fully saturated rings. The fraction of sp³-hybridized carbons (Fsp3) is 0.190. The van der Waals surface area contributed by atoms with Crippen LogP contribution in [0.15, 0.2) is 52.9 Å². The molecule has 29 heavy (non-hydrogen) atoms. The number of nitrogen functional groups attached to an aromatic ring is 1. The van der Waals surface area contributed by atoms with E-state index in [1.54, 1.807) is 12.5 Å². The predicted octanol–water partition coefficient (Wildman–Crippen LogP) is 3.31. The number of nitrogens with one attached hydrogen (secondary N) is 1. The molecule has 0 spiro atoms. The normalized spacial score (nSPS) is 10.8. The van der Waals surface area contributed by atoms with E-state index < -0.39 is 0 Å². The highest BCUT2D eigenvalue weighted by Gasteiger charge is 2.10. The van der Waals surface area contributed by atoms with Crippen LogP contribution in [0.3, 0.4) is 0 Å². The molecule has 1 amide bonds. The second-order valence-electron chi connectivity index (χ2n) is 6.30. The maximum atomic E-state index is 12.0. The van der Waals surface area contributed by atoms with Gasteiger partial charge in [0.2, 0.25) is 5.91 Å². The molecule has 0 atom stereocenters. The van der Waals surface area contributed by atoms with Gasteiger partial charge in [-0.25, -0.2) is 10.4 Å². The number of nitrogens with two attached hydrogens (primary N) is 1. The number of hydrazone groups is 1. The van der Waals surface area contributed by atoms with Gasteiger partial charge in [-0.2, -0.15) is 5.10 Å². The monoisotopic (exact) mass is 410 g/mol. The second kappa shape index (κ2) is 9.70. The Labute approximate surface area is 173 Å². The van der Waals surface area contributed by atoms with E-state index in [0.717, 1.165) is 11.1 Å². The predicted molar refractivity (Wildman–Crippen MR) is 114 cm³/mol. The lowest BCUT2D eigenvalue weighted by Crippen LogP contribution is -2.20. The van der Waals surface area contributed by atoms with Crippen LogP contribution in [-0.4, -0.2) is 24.2 Å². The fourth-order valence-electron chi connectivity index (χ4n) is 2.69. The summed E-state index contributed by atoms with van der Waals surface area (Å²) >= 11 is 1.30. The first-order valence-corrected chi connectivity index (χ1v) is 9.80. The lowest BCUT2D eigenvalue weighted by Gasteiger charge is -2.13. The Balaban J connectivity index is 1.67. The Bertz CT molecular complexity index is 1020. The summed E-state index contributed by atoms with van der Waals surface area (Å²) < 4.78 is 11.4. The summed E-state index contributed by atoms with van der Waals surface area (Å²) in [5.41, 5.74) is 11.6. The summed E-state index contributed by atoms with van der Waals surface area (Å²) in [7, 11) is 1.58. The van der Waals surface area contributed by atoms with Gasteiger partial charge in [0.25, 0.3) is 0 Å². The summed E-state index contributed by atoms with van der Waals surface area (Å²) in [6.07, 6.45) is 1.64. The second-order valence-corrected chi connectivity index (χ2v) is 7.19. The molecule has 1 aromatic heterocycles. The van der Waals surface area contributed by atoms with Gasteiger partial charge in [-0.15, -0.1) is 11.3 Å². The number of hydrogen-bond donors (Lipinski definition) is 2. The van der Waals surface area contributed by atoms with Crippen molar-refractivity contribution in [3.63, 3.8) is 0 Å². The van der Waals surface area contributed by atoms with E-state index in [4.69, 9.17) is 15.2 Å². The van der Waals surface area contributed by atoms with Crippen LogP contribution in [0.2, 0.25) is 0 Å². The molecule has 0 unspecified atom stereocenters. The van der Waals surface area contributed by atoms with Crippen molar-refractivity contribution >= 4 is 28.6 Å². The van der Waals surface area contributed by atoms with Crippen LogP contribution in [0, 0.1) is 6.92 Å². The summed E-state index contributed by atoms with van der Waals surface area (Å²) in [5.74, 6) is 0.865. The number of thiazole rings is 1. The Morgan fingerprint density at radius 3 is 2.86 bits per heavy atom. The van der Waals surface area contributed by atoms with Crippen molar-refractivity contribution in [2.45, 2.75) is 20.0 Å². The number of hydrogen-bond acceptors (Lipinski definition) is 7. The van der Waals surface area contributed by atoms with Gasteiger partial charge in [-0.1, -0.05) is 35.9 Å². The van der Waals surface area contributed by atoms with Crippen molar-refractivity contribution in [2.24, 2.45) is 5.10 Å². The molecule has 3 N–H and O–H groups in total. The van der Waals surface area contributed by atoms with Crippen LogP contribution >= 0.6 is 11.3 Å². The first-order chi connectivity index (χ1) is 14.0. The van der Waals surface area contributed by atoms with E-state index in [9.17, 15) is 4.79 Å². The molecule has 0 radical (unpaired) electrons. The third kappa shape index (κ3) is 5.79. The molecule has 0 saturated heterocycles. The highest BCUT2D eigenvalue weighted by atomic mass is 32.1. The van der Waals surface area contributed by atoms with Crippen LogP contribution in [0.4, 0.5) is 5.13 Å². The lowest BCUT2D eigenvalue weighted by atomic mass is 10.1. The molecule has 8 heteroatoms. The number of aryl methyl sites for hydroxylation is 1. The number of carbonyl (C=O) groups is 1. The van der Waals surface area contributed by atoms with Crippen LogP contribution < -0.4 is 20.6 Å². The Kier molecular flexibility index (Phi) is 6.80. The summed E-state index contributed by atoms with van der Waals surface area (Å²) in [6.45, 7) is 2.42. The molecule has 3 aromatic rings. The molecule has 3 rings (SSSR count). The van der Waals surface area contributed by atoms with Gasteiger partial charge in [-0.05, 0) is 24.6 Å². The molecule has 0 aliphatic heterocycles. The van der Waals surface area contributed by atoms with E-state index in [-0.39, 0.29) is 12.3 Å². The Morgan fingerprint density at radius 2 is 2.14 bits per heavy atom. The van der Waals surface area contributed by atoms with Crippen LogP contribution in [0.25, 0.3) is 0 Å². The highest BCUT2D eigenvalue weighted by Crippen LogP contribution is 2.30. The molecule has 0 saturated carbocycles. The van der Waals surface area contributed by atoms with Gasteiger partial charge in [0.05, 0.1) is 25.4 Å². The summed E-state index contributed by atoms with van der Waals surface area (Å²) in [6, 6.07) is 13.6. The third-order valence-electron chi connectivity index (χ3n) is 4.00. The topological polar surface area (TPSA) is 98.8 Å². The van der Waals surface area contributed by atoms with E-state index in [2.05, 4.69) is 21.6 Å². The van der Waals surface area contributed by atoms with Crippen LogP contribution in [-0.2, 0) is 17.8 Å². The number of nitrogens with zero attached hydrogens (tertiary/aromatic N) is 2. The number of rotatable bonds is 8. The quantitative estimate of drug-likeness (QED) is 0.438. The van der Waals surface area contributed by atoms with Crippen molar-refractivity contribution < 1.29 is 14.3 Å². The number of aromatic nitrogens is 1. The van der Waals surface area contributed by atoms with E-state index >= 15 is 0 Å². The average Bonchev–Trinajstić information content (AvgIpc) is 3.11. The number of amides is 1. The zero-order valence-electron chi connectivity index (χ0n) is 16.2. The van der Waals surface area contributed by atoms with E-state index in [1.807, 2.05) is 43.3 Å². The van der Waals surface area contributed by atoms with Gasteiger partial charge in [0.15, 0.2) is 16.6 Å². The first-order valence-electron chi connectivity index (χ1n) is 8.92. The van der Waals surface area contributed by atoms with Gasteiger partial charge in [0, 0.05) is 10.9 Å². The molecule has 0 aliphatic carbocycles. The maximum absolute atomic E-state index is 12.0. The molecular formula is C21H22N4O3S. The van der Waals surface area contributed by atoms with Gasteiger partial charge < -0.3 is 15.2 Å². The summed E-state index contributed by atoms with van der Waals surface area (Å²) in [5, 5.41) is 6.22. The Morgan fingerprint density at radius 1 is 1.31 bits per heavy atom. The minimum Gasteiger partial charge on any atom is -0.493 e. The molecular weight excluding hydrogens is 388 g/mol. The zero-order chi connectivity index (χ0) is 20.6. The van der Waals surface area contributed by atoms with Crippen molar-refractivity contribution in [3.8, 4) is 11.5 Å². The van der Waals surface area contributed by atoms with E-state index in [0.29, 0.717) is 34.5 Å². The molecule has 1 heterocycles. The van der Waals surface area contributed by atoms with Gasteiger partial charge >= 0.3 is 0 Å². The summed E-state index contributed by atoms with van der Waals surface area (Å²) in [4.78, 5) is 16.1. The fourth-order valence-corrected chi connectivity index (χ4v) is 3.25. The van der Waals surface area contributed by atoms with Crippen molar-refractivity contribution in [3.05, 3.63) is 70.2 Å². The van der Waals surface area contributed by atoms with E-state index in [1.165, 1.54) is 17.6 Å². The van der Waals surface area contributed by atoms with Gasteiger partial charge in [0.1, 0.15) is 6.61 Å². The minimum absolute atomic E-state index is 0.111. The molecule has 0 bridgehead atoms. The smallest absolute Gasteiger partial charge is 0.246 e. The molecule has 2 aromatic carbocycles. The van der Waals surface area contributed by atoms with Crippen LogP contribution in [0.1, 0.15) is 22.4 Å². The molecule has 7 nitrogen and oxygen atoms in total. The number of ether oxygens (including phenoxy) is 2. The van der Waals surface area contributed by atoms with Gasteiger partial charge in [-0.3, -0.25) is 4.79 Å². The standard InChI is InChI=1S/C21H22N4O3S/c1-14-5-3-6-15(9-14)12-28-20-16(7-4-8-18(20)27-2)11-23-25-19(26)10-17-13-29-21(22)24-17/h3-9,11,13H,10,12H2,1-2H3,(H2,22,24)(H,25,26)/b23-11+. The maximum Gasteiger partial charge on any atom is 0.246 e.